The van der Waals surface area contributed by atoms with Crippen molar-refractivity contribution in [2.75, 3.05) is 0 Å². The van der Waals surface area contributed by atoms with Crippen molar-refractivity contribution in [2.24, 2.45) is 5.92 Å². The second kappa shape index (κ2) is 13.3. The van der Waals surface area contributed by atoms with Gasteiger partial charge < -0.3 is 9.90 Å². The van der Waals surface area contributed by atoms with Crippen LogP contribution in [0.2, 0.25) is 0 Å². The summed E-state index contributed by atoms with van der Waals surface area (Å²) in [4.78, 5) is 12.7. The predicted octanol–water partition coefficient (Wildman–Crippen LogP) is 5.45. The Hall–Kier alpha value is -0.960. The van der Waals surface area contributed by atoms with Crippen LogP contribution in [0.15, 0.2) is 35.2 Å². The van der Waals surface area contributed by atoms with E-state index in [0.717, 1.165) is 30.6 Å². The first-order valence-electron chi connectivity index (χ1n) is 9.61. The first-order chi connectivity index (χ1) is 11.7. The van der Waals surface area contributed by atoms with Gasteiger partial charge in [0.1, 0.15) is 0 Å². The standard InChI is InChI=1S/C21H34O2S/c1-3-5-6-7-8-9-11-15-18(14-4-2)20(21(22)23)24-19-16-12-10-13-17-19/h10,12-13,16-18,20H,3-9,11,14-15H2,1-2H3,(H,22,23)/p-1. The summed E-state index contributed by atoms with van der Waals surface area (Å²) >= 11 is 1.46. The molecule has 1 rings (SSSR count). The molecule has 0 aliphatic rings. The molecule has 0 amide bonds. The van der Waals surface area contributed by atoms with Crippen molar-refractivity contribution in [3.63, 3.8) is 0 Å². The number of carboxylic acid groups (broad SMARTS) is 1. The topological polar surface area (TPSA) is 40.1 Å². The van der Waals surface area contributed by atoms with Crippen molar-refractivity contribution in [3.8, 4) is 0 Å². The number of rotatable bonds is 14. The van der Waals surface area contributed by atoms with E-state index in [4.69, 9.17) is 0 Å². The second-order valence-corrected chi connectivity index (χ2v) is 7.84. The molecule has 0 spiro atoms. The lowest BCUT2D eigenvalue weighted by molar-refractivity contribution is -0.305. The second-order valence-electron chi connectivity index (χ2n) is 6.63. The number of carbonyl (C=O) groups excluding carboxylic acids is 1. The molecule has 0 fully saturated rings. The highest BCUT2D eigenvalue weighted by atomic mass is 32.2. The molecular weight excluding hydrogens is 316 g/mol. The van der Waals surface area contributed by atoms with Crippen molar-refractivity contribution in [3.05, 3.63) is 30.3 Å². The molecule has 0 aliphatic heterocycles. The molecule has 0 saturated heterocycles. The van der Waals surface area contributed by atoms with E-state index in [1.54, 1.807) is 0 Å². The third kappa shape index (κ3) is 8.77. The Bertz CT molecular complexity index is 433. The van der Waals surface area contributed by atoms with Gasteiger partial charge in [0, 0.05) is 4.90 Å². The molecule has 24 heavy (non-hydrogen) atoms. The van der Waals surface area contributed by atoms with E-state index in [9.17, 15) is 9.90 Å². The van der Waals surface area contributed by atoms with Crippen LogP contribution >= 0.6 is 11.8 Å². The minimum absolute atomic E-state index is 0.209. The van der Waals surface area contributed by atoms with Crippen LogP contribution in [0.5, 0.6) is 0 Å². The van der Waals surface area contributed by atoms with Crippen LogP contribution in [-0.2, 0) is 4.79 Å². The summed E-state index contributed by atoms with van der Waals surface area (Å²) in [7, 11) is 0. The minimum Gasteiger partial charge on any atom is -0.549 e. The van der Waals surface area contributed by atoms with Crippen molar-refractivity contribution in [1.29, 1.82) is 0 Å². The SMILES string of the molecule is CCCCCCCCCC(CCC)C(Sc1ccccc1)C(=O)[O-]. The maximum atomic E-state index is 11.7. The van der Waals surface area contributed by atoms with E-state index in [0.29, 0.717) is 0 Å². The lowest BCUT2D eigenvalue weighted by atomic mass is 9.92. The number of carboxylic acids is 1. The number of thioether (sulfide) groups is 1. The molecular formula is C21H33O2S-. The van der Waals surface area contributed by atoms with Crippen LogP contribution in [0.1, 0.15) is 78.1 Å². The van der Waals surface area contributed by atoms with Crippen LogP contribution in [0.25, 0.3) is 0 Å². The molecule has 0 aliphatic carbocycles. The van der Waals surface area contributed by atoms with Crippen molar-refractivity contribution >= 4 is 17.7 Å². The Morgan fingerprint density at radius 2 is 1.54 bits per heavy atom. The van der Waals surface area contributed by atoms with E-state index in [1.165, 1.54) is 50.3 Å². The zero-order valence-corrected chi connectivity index (χ0v) is 16.2. The van der Waals surface area contributed by atoms with E-state index < -0.39 is 11.2 Å². The fraction of sp³-hybridized carbons (Fsp3) is 0.667. The number of hydrogen-bond acceptors (Lipinski definition) is 3. The Morgan fingerprint density at radius 1 is 0.917 bits per heavy atom. The maximum absolute atomic E-state index is 11.7. The normalized spacial score (nSPS) is 13.6. The fourth-order valence-electron chi connectivity index (χ4n) is 3.16. The zero-order chi connectivity index (χ0) is 17.6. The number of aliphatic carboxylic acids is 1. The number of benzene rings is 1. The number of hydrogen-bond donors (Lipinski definition) is 0. The number of unbranched alkanes of at least 4 members (excludes halogenated alkanes) is 6. The highest BCUT2D eigenvalue weighted by molar-refractivity contribution is 8.00. The van der Waals surface area contributed by atoms with Gasteiger partial charge in [0.2, 0.25) is 0 Å². The van der Waals surface area contributed by atoms with E-state index in [-0.39, 0.29) is 5.92 Å². The van der Waals surface area contributed by atoms with Gasteiger partial charge in [0.05, 0.1) is 11.2 Å². The molecule has 0 saturated carbocycles. The van der Waals surface area contributed by atoms with Gasteiger partial charge in [0.15, 0.2) is 0 Å². The summed E-state index contributed by atoms with van der Waals surface area (Å²) in [6.07, 6.45) is 11.9. The minimum atomic E-state index is -0.912. The van der Waals surface area contributed by atoms with Crippen LogP contribution in [0.4, 0.5) is 0 Å². The maximum Gasteiger partial charge on any atom is 0.0551 e. The highest BCUT2D eigenvalue weighted by Gasteiger charge is 2.23. The first-order valence-corrected chi connectivity index (χ1v) is 10.5. The average molecular weight is 350 g/mol. The van der Waals surface area contributed by atoms with Gasteiger partial charge in [-0.3, -0.25) is 0 Å². The lowest BCUT2D eigenvalue weighted by Crippen LogP contribution is -2.38. The van der Waals surface area contributed by atoms with Crippen LogP contribution in [0, 0.1) is 5.92 Å². The van der Waals surface area contributed by atoms with Crippen molar-refractivity contribution in [2.45, 2.75) is 88.2 Å². The molecule has 136 valence electrons. The summed E-state index contributed by atoms with van der Waals surface area (Å²) in [5.41, 5.74) is 0. The van der Waals surface area contributed by atoms with Gasteiger partial charge in [-0.05, 0) is 30.9 Å². The van der Waals surface area contributed by atoms with Crippen LogP contribution in [-0.4, -0.2) is 11.2 Å². The van der Waals surface area contributed by atoms with Crippen LogP contribution < -0.4 is 5.11 Å². The molecule has 2 nitrogen and oxygen atoms in total. The summed E-state index contributed by atoms with van der Waals surface area (Å²) in [6.45, 7) is 4.37. The average Bonchev–Trinajstić information content (AvgIpc) is 2.59. The molecule has 3 heteroatoms. The number of carbonyl (C=O) groups is 1. The monoisotopic (exact) mass is 349 g/mol. The summed E-state index contributed by atoms with van der Waals surface area (Å²) in [5, 5.41) is 11.3. The summed E-state index contributed by atoms with van der Waals surface area (Å²) < 4.78 is 0. The van der Waals surface area contributed by atoms with Crippen LogP contribution in [0.3, 0.4) is 0 Å². The molecule has 0 bridgehead atoms. The fourth-order valence-corrected chi connectivity index (χ4v) is 4.33. The Balaban J connectivity index is 2.47. The molecule has 2 unspecified atom stereocenters. The van der Waals surface area contributed by atoms with Gasteiger partial charge in [-0.2, -0.15) is 0 Å². The molecule has 0 aromatic heterocycles. The smallest absolute Gasteiger partial charge is 0.0551 e. The lowest BCUT2D eigenvalue weighted by Gasteiger charge is -2.27. The third-order valence-corrected chi connectivity index (χ3v) is 5.88. The zero-order valence-electron chi connectivity index (χ0n) is 15.3. The predicted molar refractivity (Wildman–Crippen MR) is 102 cm³/mol. The van der Waals surface area contributed by atoms with Gasteiger partial charge >= 0.3 is 0 Å². The van der Waals surface area contributed by atoms with E-state index in [1.807, 2.05) is 30.3 Å². The van der Waals surface area contributed by atoms with Crippen molar-refractivity contribution in [1.82, 2.24) is 0 Å². The first kappa shape index (κ1) is 21.1. The summed E-state index contributed by atoms with van der Waals surface area (Å²) in [5.74, 6) is -0.703. The summed E-state index contributed by atoms with van der Waals surface area (Å²) in [6, 6.07) is 9.84. The molecule has 0 N–H and O–H groups in total. The molecule has 0 heterocycles. The molecule has 0 radical (unpaired) electrons. The molecule has 1 aromatic rings. The third-order valence-electron chi connectivity index (χ3n) is 4.50. The molecule has 2 atom stereocenters. The molecule has 1 aromatic carbocycles. The van der Waals surface area contributed by atoms with Gasteiger partial charge in [-0.15, -0.1) is 11.8 Å². The Morgan fingerprint density at radius 3 is 2.12 bits per heavy atom. The Kier molecular flexibility index (Phi) is 11.7. The van der Waals surface area contributed by atoms with Gasteiger partial charge in [-0.1, -0.05) is 83.4 Å². The Labute approximate surface area is 152 Å². The van der Waals surface area contributed by atoms with Gasteiger partial charge in [0.25, 0.3) is 0 Å². The van der Waals surface area contributed by atoms with Crippen molar-refractivity contribution < 1.29 is 9.90 Å². The van der Waals surface area contributed by atoms with Gasteiger partial charge in [-0.25, -0.2) is 0 Å². The van der Waals surface area contributed by atoms with E-state index in [2.05, 4.69) is 13.8 Å². The largest absolute Gasteiger partial charge is 0.549 e. The quantitative estimate of drug-likeness (QED) is 0.331. The van der Waals surface area contributed by atoms with E-state index >= 15 is 0 Å². The highest BCUT2D eigenvalue weighted by Crippen LogP contribution is 2.33.